The highest BCUT2D eigenvalue weighted by Gasteiger charge is 2.31. The van der Waals surface area contributed by atoms with Crippen LogP contribution >= 0.6 is 11.6 Å². The maximum absolute atomic E-state index is 13.9. The fourth-order valence-corrected chi connectivity index (χ4v) is 5.65. The quantitative estimate of drug-likeness (QED) is 0.373. The molecule has 3 N–H and O–H groups in total. The molecule has 2 aromatic carbocycles. The zero-order valence-corrected chi connectivity index (χ0v) is 22.6. The lowest BCUT2D eigenvalue weighted by Gasteiger charge is -2.20. The van der Waals surface area contributed by atoms with Crippen LogP contribution in [0.3, 0.4) is 0 Å². The van der Waals surface area contributed by atoms with Crippen LogP contribution in [0, 0.1) is 25.6 Å². The number of carbonyl (C=O) groups excluding carboxylic acids is 1. The summed E-state index contributed by atoms with van der Waals surface area (Å²) in [5.74, 6) is -0.570. The lowest BCUT2D eigenvalue weighted by molar-refractivity contribution is -0.119. The van der Waals surface area contributed by atoms with Crippen molar-refractivity contribution in [1.82, 2.24) is 10.5 Å². The van der Waals surface area contributed by atoms with Gasteiger partial charge in [0.2, 0.25) is 5.91 Å². The Morgan fingerprint density at radius 2 is 2.00 bits per heavy atom. The minimum absolute atomic E-state index is 0.0345. The standard InChI is InChI=1S/C26H30ClFN4O4S/c1-14(9-17-5-7-20(27)21(28)10-17)26(33)31-23-11-18(25-15(2)32-36-16(25)3)6-8-22(23)30-19-12-24(29-13-19)37(4,34)35/h5-8,10-11,14,19,24,29-30H,9,12-13H2,1-4H3,(H,31,33)/t14?,19-,24-/m1/s1. The number of hydrogen-bond donors (Lipinski definition) is 3. The van der Waals surface area contributed by atoms with E-state index in [1.807, 2.05) is 32.0 Å². The summed E-state index contributed by atoms with van der Waals surface area (Å²) >= 11 is 5.78. The third-order valence-electron chi connectivity index (χ3n) is 6.54. The highest BCUT2D eigenvalue weighted by atomic mass is 35.5. The average Bonchev–Trinajstić information content (AvgIpc) is 3.43. The molecule has 1 aliphatic rings. The van der Waals surface area contributed by atoms with Crippen molar-refractivity contribution in [3.05, 3.63) is 64.3 Å². The van der Waals surface area contributed by atoms with Gasteiger partial charge in [-0.1, -0.05) is 35.8 Å². The van der Waals surface area contributed by atoms with Crippen molar-refractivity contribution in [2.75, 3.05) is 23.4 Å². The number of aromatic nitrogens is 1. The maximum atomic E-state index is 13.9. The first kappa shape index (κ1) is 27.1. The molecule has 0 saturated carbocycles. The second-order valence-electron chi connectivity index (χ2n) is 9.61. The number of sulfone groups is 1. The zero-order chi connectivity index (χ0) is 26.9. The summed E-state index contributed by atoms with van der Waals surface area (Å²) in [7, 11) is -3.22. The Morgan fingerprint density at radius 1 is 1.24 bits per heavy atom. The predicted molar refractivity (Wildman–Crippen MR) is 143 cm³/mol. The molecule has 8 nitrogen and oxygen atoms in total. The van der Waals surface area contributed by atoms with Crippen LogP contribution in [0.1, 0.15) is 30.4 Å². The van der Waals surface area contributed by atoms with Gasteiger partial charge in [0.25, 0.3) is 0 Å². The predicted octanol–water partition coefficient (Wildman–Crippen LogP) is 4.71. The Hall–Kier alpha value is -2.95. The van der Waals surface area contributed by atoms with E-state index in [-0.39, 0.29) is 17.0 Å². The number of nitrogens with one attached hydrogen (secondary N) is 3. The van der Waals surface area contributed by atoms with Crippen molar-refractivity contribution in [3.63, 3.8) is 0 Å². The van der Waals surface area contributed by atoms with Gasteiger partial charge in [-0.05, 0) is 62.1 Å². The van der Waals surface area contributed by atoms with Gasteiger partial charge < -0.3 is 15.2 Å². The number of nitrogens with zero attached hydrogens (tertiary/aromatic N) is 1. The summed E-state index contributed by atoms with van der Waals surface area (Å²) in [6, 6.07) is 9.97. The van der Waals surface area contributed by atoms with Gasteiger partial charge in [-0.25, -0.2) is 12.8 Å². The van der Waals surface area contributed by atoms with Crippen molar-refractivity contribution in [2.45, 2.75) is 45.0 Å². The van der Waals surface area contributed by atoms with Gasteiger partial charge in [-0.3, -0.25) is 10.1 Å². The molecule has 3 atom stereocenters. The van der Waals surface area contributed by atoms with Crippen molar-refractivity contribution in [2.24, 2.45) is 5.92 Å². The van der Waals surface area contributed by atoms with Gasteiger partial charge in [-0.2, -0.15) is 0 Å². The molecule has 37 heavy (non-hydrogen) atoms. The Labute approximate surface area is 220 Å². The number of amides is 1. The fraction of sp³-hybridized carbons (Fsp3) is 0.385. The Kier molecular flexibility index (Phi) is 7.91. The number of rotatable bonds is 8. The molecule has 1 amide bonds. The van der Waals surface area contributed by atoms with E-state index in [1.165, 1.54) is 18.4 Å². The van der Waals surface area contributed by atoms with E-state index in [4.69, 9.17) is 16.1 Å². The van der Waals surface area contributed by atoms with Gasteiger partial charge in [-0.15, -0.1) is 0 Å². The number of halogens is 2. The second kappa shape index (κ2) is 10.8. The summed E-state index contributed by atoms with van der Waals surface area (Å²) in [6.45, 7) is 5.90. The van der Waals surface area contributed by atoms with Crippen molar-refractivity contribution in [1.29, 1.82) is 0 Å². The molecule has 1 aromatic heterocycles. The molecule has 1 aliphatic heterocycles. The second-order valence-corrected chi connectivity index (χ2v) is 12.2. The Morgan fingerprint density at radius 3 is 2.62 bits per heavy atom. The van der Waals surface area contributed by atoms with Crippen molar-refractivity contribution < 1.29 is 22.1 Å². The highest BCUT2D eigenvalue weighted by Crippen LogP contribution is 2.34. The van der Waals surface area contributed by atoms with E-state index in [1.54, 1.807) is 13.0 Å². The molecule has 0 aliphatic carbocycles. The molecular formula is C26H30ClFN4O4S. The zero-order valence-electron chi connectivity index (χ0n) is 21.1. The molecule has 0 spiro atoms. The minimum atomic E-state index is -3.22. The number of aryl methyl sites for hydroxylation is 2. The number of carbonyl (C=O) groups is 1. The molecule has 1 fully saturated rings. The molecule has 3 aromatic rings. The molecule has 2 heterocycles. The van der Waals surface area contributed by atoms with E-state index in [0.717, 1.165) is 16.8 Å². The first-order valence-corrected chi connectivity index (χ1v) is 14.3. The molecule has 1 saturated heterocycles. The van der Waals surface area contributed by atoms with E-state index < -0.39 is 26.9 Å². The van der Waals surface area contributed by atoms with Crippen LogP contribution in [0.5, 0.6) is 0 Å². The summed E-state index contributed by atoms with van der Waals surface area (Å²) in [6.07, 6.45) is 1.94. The van der Waals surface area contributed by atoms with Crippen LogP contribution in [-0.2, 0) is 21.1 Å². The number of anilines is 2. The molecule has 11 heteroatoms. The lowest BCUT2D eigenvalue weighted by atomic mass is 9.99. The maximum Gasteiger partial charge on any atom is 0.227 e. The van der Waals surface area contributed by atoms with Gasteiger partial charge in [0.1, 0.15) is 17.0 Å². The molecular weight excluding hydrogens is 519 g/mol. The first-order chi connectivity index (χ1) is 17.4. The SMILES string of the molecule is Cc1noc(C)c1-c1ccc(N[C@H]2CN[C@H](S(C)(=O)=O)C2)c(NC(=O)C(C)Cc2ccc(Cl)c(F)c2)c1. The molecule has 0 bridgehead atoms. The topological polar surface area (TPSA) is 113 Å². The summed E-state index contributed by atoms with van der Waals surface area (Å²) in [5, 5.41) is 12.8. The normalized spacial score (nSPS) is 18.5. The summed E-state index contributed by atoms with van der Waals surface area (Å²) in [4.78, 5) is 13.2. The highest BCUT2D eigenvalue weighted by molar-refractivity contribution is 7.91. The van der Waals surface area contributed by atoms with Crippen LogP contribution in [0.15, 0.2) is 40.9 Å². The third-order valence-corrected chi connectivity index (χ3v) is 8.24. The monoisotopic (exact) mass is 548 g/mol. The van der Waals surface area contributed by atoms with Gasteiger partial charge in [0.15, 0.2) is 9.84 Å². The van der Waals surface area contributed by atoms with Crippen molar-refractivity contribution in [3.8, 4) is 11.1 Å². The molecule has 4 rings (SSSR count). The summed E-state index contributed by atoms with van der Waals surface area (Å²) in [5.41, 5.74) is 4.25. The largest absolute Gasteiger partial charge is 0.379 e. The van der Waals surface area contributed by atoms with Crippen molar-refractivity contribution >= 4 is 38.7 Å². The average molecular weight is 549 g/mol. The summed E-state index contributed by atoms with van der Waals surface area (Å²) < 4.78 is 43.1. The van der Waals surface area contributed by atoms with Crippen LogP contribution < -0.4 is 16.0 Å². The van der Waals surface area contributed by atoms with Gasteiger partial charge in [0, 0.05) is 30.3 Å². The number of benzene rings is 2. The number of hydrogen-bond acceptors (Lipinski definition) is 7. The smallest absolute Gasteiger partial charge is 0.227 e. The van der Waals surface area contributed by atoms with Crippen LogP contribution in [0.2, 0.25) is 5.02 Å². The van der Waals surface area contributed by atoms with Gasteiger partial charge in [0.05, 0.1) is 22.1 Å². The lowest BCUT2D eigenvalue weighted by Crippen LogP contribution is -2.29. The molecule has 0 radical (unpaired) electrons. The van der Waals surface area contributed by atoms with Gasteiger partial charge >= 0.3 is 0 Å². The first-order valence-electron chi connectivity index (χ1n) is 11.9. The fourth-order valence-electron chi connectivity index (χ4n) is 4.55. The van der Waals surface area contributed by atoms with Crippen LogP contribution in [-0.4, -0.2) is 43.7 Å². The van der Waals surface area contributed by atoms with E-state index in [0.29, 0.717) is 42.1 Å². The minimum Gasteiger partial charge on any atom is -0.379 e. The molecule has 198 valence electrons. The van der Waals surface area contributed by atoms with E-state index in [9.17, 15) is 17.6 Å². The van der Waals surface area contributed by atoms with E-state index in [2.05, 4.69) is 21.1 Å². The third kappa shape index (κ3) is 6.31. The van der Waals surface area contributed by atoms with Crippen LogP contribution in [0.4, 0.5) is 15.8 Å². The van der Waals surface area contributed by atoms with E-state index >= 15 is 0 Å². The Balaban J connectivity index is 1.58. The van der Waals surface area contributed by atoms with Crippen LogP contribution in [0.25, 0.3) is 11.1 Å². The Bertz CT molecular complexity index is 1410. The molecule has 1 unspecified atom stereocenters.